The molecule has 1 saturated heterocycles. The van der Waals surface area contributed by atoms with Gasteiger partial charge in [0.2, 0.25) is 5.91 Å². The predicted molar refractivity (Wildman–Crippen MR) is 32.9 cm³/mol. The summed E-state index contributed by atoms with van der Waals surface area (Å²) in [7, 11) is 0. The van der Waals surface area contributed by atoms with Gasteiger partial charge in [-0.2, -0.15) is 0 Å². The molecule has 0 unspecified atom stereocenters. The first-order valence-electron chi connectivity index (χ1n) is 3.09. The van der Waals surface area contributed by atoms with Crippen molar-refractivity contribution >= 4 is 5.91 Å². The second-order valence-corrected chi connectivity index (χ2v) is 2.77. The monoisotopic (exact) mass is 129 g/mol. The molecule has 1 aliphatic rings. The lowest BCUT2D eigenvalue weighted by Crippen LogP contribution is -2.45. The summed E-state index contributed by atoms with van der Waals surface area (Å²) < 4.78 is 0. The van der Waals surface area contributed by atoms with E-state index in [-0.39, 0.29) is 5.91 Å². The number of piperidine rings is 1. The van der Waals surface area contributed by atoms with Gasteiger partial charge in [0.05, 0.1) is 5.60 Å². The first-order chi connectivity index (χ1) is 4.10. The highest BCUT2D eigenvalue weighted by Crippen LogP contribution is 2.14. The Hall–Kier alpha value is -0.570. The van der Waals surface area contributed by atoms with Crippen molar-refractivity contribution in [3.8, 4) is 0 Å². The van der Waals surface area contributed by atoms with Crippen LogP contribution in [0.4, 0.5) is 0 Å². The van der Waals surface area contributed by atoms with Gasteiger partial charge in [-0.3, -0.25) is 4.79 Å². The highest BCUT2D eigenvalue weighted by molar-refractivity contribution is 5.76. The molecule has 1 amide bonds. The second-order valence-electron chi connectivity index (χ2n) is 2.77. The van der Waals surface area contributed by atoms with Crippen LogP contribution in [0.5, 0.6) is 0 Å². The fourth-order valence-corrected chi connectivity index (χ4v) is 0.849. The number of amides is 1. The highest BCUT2D eigenvalue weighted by Gasteiger charge is 2.26. The molecule has 0 spiro atoms. The van der Waals surface area contributed by atoms with Crippen molar-refractivity contribution in [2.45, 2.75) is 25.4 Å². The van der Waals surface area contributed by atoms with Crippen LogP contribution in [0.3, 0.4) is 0 Å². The van der Waals surface area contributed by atoms with Gasteiger partial charge in [0.1, 0.15) is 0 Å². The minimum Gasteiger partial charge on any atom is -0.388 e. The summed E-state index contributed by atoms with van der Waals surface area (Å²) in [5.74, 6) is 0.0431. The molecule has 0 aliphatic carbocycles. The summed E-state index contributed by atoms with van der Waals surface area (Å²) in [5.41, 5.74) is -0.673. The summed E-state index contributed by atoms with van der Waals surface area (Å²) >= 11 is 0. The van der Waals surface area contributed by atoms with E-state index in [9.17, 15) is 9.90 Å². The molecule has 1 heterocycles. The Morgan fingerprint density at radius 3 is 2.78 bits per heavy atom. The Morgan fingerprint density at radius 2 is 2.44 bits per heavy atom. The third kappa shape index (κ3) is 1.68. The fraction of sp³-hybridized carbons (Fsp3) is 0.833. The molecule has 1 fully saturated rings. The number of aliphatic hydroxyl groups is 1. The molecule has 52 valence electrons. The van der Waals surface area contributed by atoms with E-state index in [1.807, 2.05) is 0 Å². The van der Waals surface area contributed by atoms with Gasteiger partial charge in [-0.25, -0.2) is 0 Å². The molecule has 0 aromatic heterocycles. The van der Waals surface area contributed by atoms with Crippen LogP contribution in [-0.2, 0) is 4.79 Å². The van der Waals surface area contributed by atoms with Gasteiger partial charge < -0.3 is 10.4 Å². The van der Waals surface area contributed by atoms with Crippen LogP contribution in [0.25, 0.3) is 0 Å². The molecule has 0 aromatic carbocycles. The number of hydrogen-bond donors (Lipinski definition) is 2. The molecule has 0 saturated carbocycles. The predicted octanol–water partition coefficient (Wildman–Crippen LogP) is -0.353. The van der Waals surface area contributed by atoms with E-state index in [1.54, 1.807) is 6.92 Å². The van der Waals surface area contributed by atoms with Crippen LogP contribution in [0.2, 0.25) is 0 Å². The van der Waals surface area contributed by atoms with Crippen LogP contribution in [0.15, 0.2) is 0 Å². The largest absolute Gasteiger partial charge is 0.388 e. The quantitative estimate of drug-likeness (QED) is 0.469. The summed E-state index contributed by atoms with van der Waals surface area (Å²) in [6.07, 6.45) is 1.03. The molecular weight excluding hydrogens is 118 g/mol. The summed E-state index contributed by atoms with van der Waals surface area (Å²) in [6, 6.07) is 0. The standard InChI is InChI=1S/C6H11NO2/c1-6(9)3-2-5(8)7-4-6/h9H,2-4H2,1H3,(H,7,8)/t6-/m0/s1. The van der Waals surface area contributed by atoms with Gasteiger partial charge in [-0.15, -0.1) is 0 Å². The fourth-order valence-electron chi connectivity index (χ4n) is 0.849. The van der Waals surface area contributed by atoms with E-state index in [0.29, 0.717) is 19.4 Å². The Morgan fingerprint density at radius 1 is 1.78 bits per heavy atom. The summed E-state index contributed by atoms with van der Waals surface area (Å²) in [6.45, 7) is 2.12. The average molecular weight is 129 g/mol. The van der Waals surface area contributed by atoms with Crippen LogP contribution < -0.4 is 5.32 Å². The summed E-state index contributed by atoms with van der Waals surface area (Å²) in [5, 5.41) is 11.9. The zero-order valence-corrected chi connectivity index (χ0v) is 5.48. The van der Waals surface area contributed by atoms with E-state index >= 15 is 0 Å². The van der Waals surface area contributed by atoms with E-state index in [0.717, 1.165) is 0 Å². The van der Waals surface area contributed by atoms with Crippen LogP contribution in [0.1, 0.15) is 19.8 Å². The Kier molecular flexibility index (Phi) is 1.45. The van der Waals surface area contributed by atoms with Crippen molar-refractivity contribution < 1.29 is 9.90 Å². The van der Waals surface area contributed by atoms with Gasteiger partial charge in [-0.05, 0) is 13.3 Å². The second kappa shape index (κ2) is 1.99. The molecule has 1 atom stereocenters. The normalized spacial score (nSPS) is 36.0. The lowest BCUT2D eigenvalue weighted by atomic mass is 9.97. The van der Waals surface area contributed by atoms with Crippen molar-refractivity contribution in [1.29, 1.82) is 0 Å². The topological polar surface area (TPSA) is 49.3 Å². The maximum atomic E-state index is 10.5. The summed E-state index contributed by atoms with van der Waals surface area (Å²) in [4.78, 5) is 10.5. The Labute approximate surface area is 54.1 Å². The van der Waals surface area contributed by atoms with Crippen LogP contribution >= 0.6 is 0 Å². The van der Waals surface area contributed by atoms with Crippen molar-refractivity contribution in [2.75, 3.05) is 6.54 Å². The molecule has 9 heavy (non-hydrogen) atoms. The van der Waals surface area contributed by atoms with Gasteiger partial charge in [0.15, 0.2) is 0 Å². The van der Waals surface area contributed by atoms with E-state index in [4.69, 9.17) is 0 Å². The Bertz CT molecular complexity index is 119. The van der Waals surface area contributed by atoms with Crippen molar-refractivity contribution in [3.63, 3.8) is 0 Å². The van der Waals surface area contributed by atoms with Crippen LogP contribution in [-0.4, -0.2) is 23.2 Å². The maximum Gasteiger partial charge on any atom is 0.220 e. The van der Waals surface area contributed by atoms with Gasteiger partial charge >= 0.3 is 0 Å². The number of carbonyl (C=O) groups excluding carboxylic acids is 1. The molecule has 3 heteroatoms. The molecule has 0 aromatic rings. The van der Waals surface area contributed by atoms with Gasteiger partial charge in [0, 0.05) is 13.0 Å². The van der Waals surface area contributed by atoms with E-state index in [2.05, 4.69) is 5.32 Å². The molecule has 0 radical (unpaired) electrons. The first-order valence-corrected chi connectivity index (χ1v) is 3.09. The Balaban J connectivity index is 2.44. The number of β-amino-alcohol motifs (C(OH)–C–C–N with tert-alkyl or cyclic N) is 1. The highest BCUT2D eigenvalue weighted by atomic mass is 16.3. The molecule has 3 nitrogen and oxygen atoms in total. The zero-order chi connectivity index (χ0) is 6.91. The first kappa shape index (κ1) is 6.55. The maximum absolute atomic E-state index is 10.5. The molecule has 1 aliphatic heterocycles. The van der Waals surface area contributed by atoms with Crippen molar-refractivity contribution in [3.05, 3.63) is 0 Å². The minimum atomic E-state index is -0.673. The van der Waals surface area contributed by atoms with Crippen LogP contribution in [0, 0.1) is 0 Å². The third-order valence-corrected chi connectivity index (χ3v) is 1.56. The smallest absolute Gasteiger partial charge is 0.220 e. The van der Waals surface area contributed by atoms with E-state index in [1.165, 1.54) is 0 Å². The number of hydrogen-bond acceptors (Lipinski definition) is 2. The molecule has 2 N–H and O–H groups in total. The molecule has 1 rings (SSSR count). The average Bonchev–Trinajstić information content (AvgIpc) is 1.78. The lowest BCUT2D eigenvalue weighted by molar-refractivity contribution is -0.126. The zero-order valence-electron chi connectivity index (χ0n) is 5.48. The number of rotatable bonds is 0. The van der Waals surface area contributed by atoms with Gasteiger partial charge in [0.25, 0.3) is 0 Å². The van der Waals surface area contributed by atoms with Crippen molar-refractivity contribution in [1.82, 2.24) is 5.32 Å². The molecule has 0 bridgehead atoms. The lowest BCUT2D eigenvalue weighted by Gasteiger charge is -2.27. The van der Waals surface area contributed by atoms with Gasteiger partial charge in [-0.1, -0.05) is 0 Å². The number of nitrogens with one attached hydrogen (secondary N) is 1. The van der Waals surface area contributed by atoms with E-state index < -0.39 is 5.60 Å². The SMILES string of the molecule is C[C@]1(O)CCC(=O)NC1. The third-order valence-electron chi connectivity index (χ3n) is 1.56. The van der Waals surface area contributed by atoms with Crippen molar-refractivity contribution in [2.24, 2.45) is 0 Å². The minimum absolute atomic E-state index is 0.0431. The molecular formula is C6H11NO2. The number of carbonyl (C=O) groups is 1.